The molecule has 0 saturated carbocycles. The van der Waals surface area contributed by atoms with Gasteiger partial charge in [-0.2, -0.15) is 0 Å². The summed E-state index contributed by atoms with van der Waals surface area (Å²) in [6.07, 6.45) is 1.31. The van der Waals surface area contributed by atoms with Crippen molar-refractivity contribution < 1.29 is 0 Å². The van der Waals surface area contributed by atoms with Crippen molar-refractivity contribution in [3.05, 3.63) is 0 Å². The molecule has 2 nitrogen and oxygen atoms in total. The lowest BCUT2D eigenvalue weighted by Crippen LogP contribution is -2.26. The summed E-state index contributed by atoms with van der Waals surface area (Å²) in [7, 11) is 0. The molecule has 2 heteroatoms. The number of rotatable bonds is 2. The van der Waals surface area contributed by atoms with Crippen LogP contribution in [0.3, 0.4) is 0 Å². The van der Waals surface area contributed by atoms with Crippen molar-refractivity contribution in [1.82, 2.24) is 10.2 Å². The first-order valence-corrected chi connectivity index (χ1v) is 4.83. The highest BCUT2D eigenvalue weighted by Gasteiger charge is 2.35. The summed E-state index contributed by atoms with van der Waals surface area (Å²) in [6, 6.07) is 0. The van der Waals surface area contributed by atoms with Crippen LogP contribution in [0.25, 0.3) is 0 Å². The van der Waals surface area contributed by atoms with Crippen molar-refractivity contribution in [2.75, 3.05) is 32.7 Å². The van der Waals surface area contributed by atoms with E-state index in [0.717, 1.165) is 11.8 Å². The summed E-state index contributed by atoms with van der Waals surface area (Å²) in [5.74, 6) is 1.95. The molecule has 64 valence electrons. The van der Waals surface area contributed by atoms with Gasteiger partial charge in [0.2, 0.25) is 0 Å². The fraction of sp³-hybridized carbons (Fsp3) is 1.00. The molecule has 2 fully saturated rings. The van der Waals surface area contributed by atoms with Gasteiger partial charge in [-0.3, -0.25) is 0 Å². The third-order valence-corrected chi connectivity index (χ3v) is 3.00. The second-order valence-electron chi connectivity index (χ2n) is 3.94. The van der Waals surface area contributed by atoms with Crippen LogP contribution in [0.15, 0.2) is 0 Å². The van der Waals surface area contributed by atoms with Gasteiger partial charge in [0.25, 0.3) is 0 Å². The predicted octanol–water partition coefficient (Wildman–Crippen LogP) is 0.548. The van der Waals surface area contributed by atoms with E-state index in [1.165, 1.54) is 39.1 Å². The maximum absolute atomic E-state index is 3.46. The molecule has 0 aromatic rings. The van der Waals surface area contributed by atoms with Crippen molar-refractivity contribution >= 4 is 0 Å². The number of hydrogen-bond acceptors (Lipinski definition) is 2. The lowest BCUT2D eigenvalue weighted by atomic mass is 10.0. The lowest BCUT2D eigenvalue weighted by molar-refractivity contribution is 0.314. The summed E-state index contributed by atoms with van der Waals surface area (Å²) < 4.78 is 0. The third-order valence-electron chi connectivity index (χ3n) is 3.00. The topological polar surface area (TPSA) is 15.3 Å². The number of nitrogens with one attached hydrogen (secondary N) is 1. The van der Waals surface area contributed by atoms with Gasteiger partial charge in [0.15, 0.2) is 0 Å². The third kappa shape index (κ3) is 1.42. The summed E-state index contributed by atoms with van der Waals surface area (Å²) in [6.45, 7) is 8.83. The number of hydrogen-bond donors (Lipinski definition) is 1. The standard InChI is InChI=1S/C9H18N2/c1-2-3-11-6-8-4-10-5-9(8)7-11/h8-10H,2-7H2,1H3/t8-,9-/m1/s1. The fourth-order valence-electron chi connectivity index (χ4n) is 2.45. The van der Waals surface area contributed by atoms with Gasteiger partial charge >= 0.3 is 0 Å². The molecule has 0 unspecified atom stereocenters. The first-order chi connectivity index (χ1) is 5.40. The second-order valence-corrected chi connectivity index (χ2v) is 3.94. The average molecular weight is 154 g/mol. The monoisotopic (exact) mass is 154 g/mol. The molecule has 0 aromatic carbocycles. The molecule has 1 N–H and O–H groups in total. The fourth-order valence-corrected chi connectivity index (χ4v) is 2.45. The van der Waals surface area contributed by atoms with Crippen LogP contribution in [0.5, 0.6) is 0 Å². The SMILES string of the molecule is CCCN1C[C@H]2CNC[C@@H]2C1. The first-order valence-electron chi connectivity index (χ1n) is 4.83. The largest absolute Gasteiger partial charge is 0.316 e. The van der Waals surface area contributed by atoms with Gasteiger partial charge in [0.05, 0.1) is 0 Å². The van der Waals surface area contributed by atoms with Gasteiger partial charge in [-0.25, -0.2) is 0 Å². The summed E-state index contributed by atoms with van der Waals surface area (Å²) in [4.78, 5) is 2.62. The molecule has 11 heavy (non-hydrogen) atoms. The maximum atomic E-state index is 3.46. The quantitative estimate of drug-likeness (QED) is 0.625. The molecule has 0 radical (unpaired) electrons. The van der Waals surface area contributed by atoms with E-state index in [1.54, 1.807) is 0 Å². The Kier molecular flexibility index (Phi) is 2.14. The van der Waals surface area contributed by atoms with Gasteiger partial charge in [0, 0.05) is 13.1 Å². The zero-order chi connectivity index (χ0) is 7.68. The summed E-state index contributed by atoms with van der Waals surface area (Å²) in [5, 5.41) is 3.46. The van der Waals surface area contributed by atoms with E-state index in [-0.39, 0.29) is 0 Å². The predicted molar refractivity (Wildman–Crippen MR) is 46.6 cm³/mol. The highest BCUT2D eigenvalue weighted by molar-refractivity contribution is 4.90. The van der Waals surface area contributed by atoms with E-state index in [0.29, 0.717) is 0 Å². The molecule has 2 heterocycles. The zero-order valence-electron chi connectivity index (χ0n) is 7.34. The van der Waals surface area contributed by atoms with Crippen molar-refractivity contribution in [1.29, 1.82) is 0 Å². The minimum Gasteiger partial charge on any atom is -0.316 e. The Morgan fingerprint density at radius 2 is 1.91 bits per heavy atom. The Balaban J connectivity index is 1.84. The van der Waals surface area contributed by atoms with E-state index in [9.17, 15) is 0 Å². The van der Waals surface area contributed by atoms with E-state index >= 15 is 0 Å². The Morgan fingerprint density at radius 3 is 2.45 bits per heavy atom. The van der Waals surface area contributed by atoms with Crippen LogP contribution < -0.4 is 5.32 Å². The second kappa shape index (κ2) is 3.11. The Morgan fingerprint density at radius 1 is 1.27 bits per heavy atom. The molecule has 2 aliphatic heterocycles. The molecule has 2 aliphatic rings. The highest BCUT2D eigenvalue weighted by atomic mass is 15.2. The van der Waals surface area contributed by atoms with E-state index < -0.39 is 0 Å². The summed E-state index contributed by atoms with van der Waals surface area (Å²) in [5.41, 5.74) is 0. The van der Waals surface area contributed by atoms with Crippen LogP contribution in [0.4, 0.5) is 0 Å². The normalized spacial score (nSPS) is 37.9. The molecule has 0 aliphatic carbocycles. The van der Waals surface area contributed by atoms with E-state index in [4.69, 9.17) is 0 Å². The minimum absolute atomic E-state index is 0.974. The molecule has 0 amide bonds. The molecule has 0 aromatic heterocycles. The van der Waals surface area contributed by atoms with Crippen molar-refractivity contribution in [3.63, 3.8) is 0 Å². The maximum Gasteiger partial charge on any atom is 0.00255 e. The number of likely N-dealkylation sites (tertiary alicyclic amines) is 1. The Labute approximate surface area is 69.0 Å². The van der Waals surface area contributed by atoms with Crippen LogP contribution in [0.1, 0.15) is 13.3 Å². The van der Waals surface area contributed by atoms with E-state index in [2.05, 4.69) is 17.1 Å². The van der Waals surface area contributed by atoms with Crippen LogP contribution in [-0.2, 0) is 0 Å². The molecule has 0 bridgehead atoms. The van der Waals surface area contributed by atoms with Crippen LogP contribution in [-0.4, -0.2) is 37.6 Å². The molecular formula is C9H18N2. The first kappa shape index (κ1) is 7.56. The van der Waals surface area contributed by atoms with Crippen molar-refractivity contribution in [2.24, 2.45) is 11.8 Å². The van der Waals surface area contributed by atoms with Crippen molar-refractivity contribution in [2.45, 2.75) is 13.3 Å². The van der Waals surface area contributed by atoms with Crippen LogP contribution in [0, 0.1) is 11.8 Å². The summed E-state index contributed by atoms with van der Waals surface area (Å²) >= 11 is 0. The molecule has 0 spiro atoms. The van der Waals surface area contributed by atoms with Gasteiger partial charge in [0.1, 0.15) is 0 Å². The number of fused-ring (bicyclic) bond motifs is 1. The molecule has 2 rings (SSSR count). The molecule has 2 saturated heterocycles. The minimum atomic E-state index is 0.974. The molecular weight excluding hydrogens is 136 g/mol. The Bertz CT molecular complexity index is 124. The van der Waals surface area contributed by atoms with E-state index in [1.807, 2.05) is 0 Å². The van der Waals surface area contributed by atoms with Crippen LogP contribution in [0.2, 0.25) is 0 Å². The molecule has 2 atom stereocenters. The number of nitrogens with zero attached hydrogens (tertiary/aromatic N) is 1. The highest BCUT2D eigenvalue weighted by Crippen LogP contribution is 2.25. The smallest absolute Gasteiger partial charge is 0.00255 e. The van der Waals surface area contributed by atoms with Crippen molar-refractivity contribution in [3.8, 4) is 0 Å². The van der Waals surface area contributed by atoms with Gasteiger partial charge in [-0.15, -0.1) is 0 Å². The van der Waals surface area contributed by atoms with Gasteiger partial charge in [-0.1, -0.05) is 6.92 Å². The zero-order valence-corrected chi connectivity index (χ0v) is 7.34. The lowest BCUT2D eigenvalue weighted by Gasteiger charge is -2.14. The van der Waals surface area contributed by atoms with Crippen LogP contribution >= 0.6 is 0 Å². The average Bonchev–Trinajstić information content (AvgIpc) is 2.46. The van der Waals surface area contributed by atoms with Gasteiger partial charge in [-0.05, 0) is 37.9 Å². The Hall–Kier alpha value is -0.0800. The van der Waals surface area contributed by atoms with Gasteiger partial charge < -0.3 is 10.2 Å².